The third kappa shape index (κ3) is 2.89. The summed E-state index contributed by atoms with van der Waals surface area (Å²) in [6, 6.07) is 2.53. The molecule has 2 aromatic heterocycles. The summed E-state index contributed by atoms with van der Waals surface area (Å²) in [5, 5.41) is 8.40. The first-order valence-electron chi connectivity index (χ1n) is 9.19. The number of imidazole rings is 1. The highest BCUT2D eigenvalue weighted by Gasteiger charge is 2.32. The normalized spacial score (nSPS) is 24.4. The molecule has 1 unspecified atom stereocenters. The van der Waals surface area contributed by atoms with Crippen LogP contribution in [-0.2, 0) is 24.2 Å². The monoisotopic (exact) mass is 329 g/mol. The van der Waals surface area contributed by atoms with Crippen LogP contribution in [0.2, 0.25) is 0 Å². The van der Waals surface area contributed by atoms with E-state index >= 15 is 0 Å². The lowest BCUT2D eigenvalue weighted by Gasteiger charge is -2.21. The van der Waals surface area contributed by atoms with Crippen molar-refractivity contribution in [3.63, 3.8) is 0 Å². The molecule has 0 aromatic carbocycles. The number of ether oxygens (including phenoxy) is 1. The summed E-state index contributed by atoms with van der Waals surface area (Å²) in [7, 11) is 0. The van der Waals surface area contributed by atoms with E-state index in [1.54, 1.807) is 0 Å². The van der Waals surface area contributed by atoms with Crippen molar-refractivity contribution in [2.24, 2.45) is 5.92 Å². The van der Waals surface area contributed by atoms with E-state index in [1.807, 2.05) is 12.4 Å². The predicted molar refractivity (Wildman–Crippen MR) is 91.7 cm³/mol. The van der Waals surface area contributed by atoms with Gasteiger partial charge in [-0.15, -0.1) is 0 Å². The molecule has 1 N–H and O–H groups in total. The van der Waals surface area contributed by atoms with Crippen molar-refractivity contribution in [1.82, 2.24) is 24.6 Å². The minimum Gasteiger partial charge on any atom is -0.370 e. The first-order valence-corrected chi connectivity index (χ1v) is 9.19. The van der Waals surface area contributed by atoms with E-state index in [4.69, 9.17) is 9.84 Å². The van der Waals surface area contributed by atoms with Crippen LogP contribution in [-0.4, -0.2) is 32.5 Å². The van der Waals surface area contributed by atoms with Crippen LogP contribution in [0.4, 0.5) is 0 Å². The first-order chi connectivity index (χ1) is 11.8. The van der Waals surface area contributed by atoms with Crippen LogP contribution >= 0.6 is 0 Å². The maximum atomic E-state index is 6.00. The molecule has 6 nitrogen and oxygen atoms in total. The van der Waals surface area contributed by atoms with E-state index in [0.29, 0.717) is 5.92 Å². The molecule has 2 aromatic rings. The Kier molecular flexibility index (Phi) is 4.41. The Morgan fingerprint density at radius 2 is 2.38 bits per heavy atom. The van der Waals surface area contributed by atoms with Gasteiger partial charge >= 0.3 is 0 Å². The zero-order valence-electron chi connectivity index (χ0n) is 14.6. The minimum atomic E-state index is 0.103. The van der Waals surface area contributed by atoms with Crippen LogP contribution in [0, 0.1) is 5.92 Å². The Balaban J connectivity index is 1.39. The van der Waals surface area contributed by atoms with Gasteiger partial charge in [-0.25, -0.2) is 4.98 Å². The SMILES string of the molecule is CCn1ccnc1[C@@H]1OCC[C@H]1CNC(C)c1cc2n(n1)CCC2. The Labute approximate surface area is 143 Å². The minimum absolute atomic E-state index is 0.103. The fourth-order valence-electron chi connectivity index (χ4n) is 3.90. The van der Waals surface area contributed by atoms with Crippen LogP contribution in [0.15, 0.2) is 18.5 Å². The predicted octanol–water partition coefficient (Wildman–Crippen LogP) is 2.47. The summed E-state index contributed by atoms with van der Waals surface area (Å²) >= 11 is 0. The van der Waals surface area contributed by atoms with Gasteiger partial charge in [0.05, 0.1) is 5.69 Å². The van der Waals surface area contributed by atoms with Gasteiger partial charge in [0.25, 0.3) is 0 Å². The third-order valence-corrected chi connectivity index (χ3v) is 5.37. The molecule has 2 aliphatic heterocycles. The van der Waals surface area contributed by atoms with E-state index in [9.17, 15) is 0 Å². The van der Waals surface area contributed by atoms with Gasteiger partial charge in [-0.3, -0.25) is 4.68 Å². The molecule has 0 radical (unpaired) electrons. The molecule has 0 amide bonds. The number of hydrogen-bond donors (Lipinski definition) is 1. The van der Waals surface area contributed by atoms with Gasteiger partial charge in [0.2, 0.25) is 0 Å². The quantitative estimate of drug-likeness (QED) is 0.884. The lowest BCUT2D eigenvalue weighted by atomic mass is 10.00. The molecule has 0 spiro atoms. The molecule has 0 saturated carbocycles. The summed E-state index contributed by atoms with van der Waals surface area (Å²) in [4.78, 5) is 4.53. The number of fused-ring (bicyclic) bond motifs is 1. The number of nitrogens with one attached hydrogen (secondary N) is 1. The van der Waals surface area contributed by atoms with E-state index in [2.05, 4.69) is 39.5 Å². The Morgan fingerprint density at radius 1 is 1.46 bits per heavy atom. The Bertz CT molecular complexity index is 670. The second kappa shape index (κ2) is 6.69. The topological polar surface area (TPSA) is 56.9 Å². The van der Waals surface area contributed by atoms with E-state index in [-0.39, 0.29) is 12.1 Å². The summed E-state index contributed by atoms with van der Waals surface area (Å²) in [5.41, 5.74) is 2.54. The third-order valence-electron chi connectivity index (χ3n) is 5.37. The molecule has 0 bridgehead atoms. The van der Waals surface area contributed by atoms with Gasteiger partial charge in [-0.2, -0.15) is 5.10 Å². The van der Waals surface area contributed by atoms with Gasteiger partial charge in [0.1, 0.15) is 11.9 Å². The molecule has 4 heterocycles. The summed E-state index contributed by atoms with van der Waals surface area (Å²) in [6.07, 6.45) is 7.50. The van der Waals surface area contributed by atoms with Gasteiger partial charge in [-0.1, -0.05) is 0 Å². The average Bonchev–Trinajstić information content (AvgIpc) is 3.34. The van der Waals surface area contributed by atoms with Crippen molar-refractivity contribution in [1.29, 1.82) is 0 Å². The van der Waals surface area contributed by atoms with E-state index < -0.39 is 0 Å². The van der Waals surface area contributed by atoms with E-state index in [0.717, 1.165) is 50.6 Å². The summed E-state index contributed by atoms with van der Waals surface area (Å²) < 4.78 is 10.3. The first kappa shape index (κ1) is 15.8. The van der Waals surface area contributed by atoms with Crippen molar-refractivity contribution in [3.05, 3.63) is 35.7 Å². The molecule has 0 aliphatic carbocycles. The molecule has 24 heavy (non-hydrogen) atoms. The lowest BCUT2D eigenvalue weighted by Crippen LogP contribution is -2.28. The molecule has 2 aliphatic rings. The molecular weight excluding hydrogens is 302 g/mol. The average molecular weight is 329 g/mol. The molecule has 6 heteroatoms. The van der Waals surface area contributed by atoms with Crippen molar-refractivity contribution >= 4 is 0 Å². The fourth-order valence-corrected chi connectivity index (χ4v) is 3.90. The smallest absolute Gasteiger partial charge is 0.138 e. The highest BCUT2D eigenvalue weighted by atomic mass is 16.5. The number of rotatable bonds is 6. The zero-order valence-corrected chi connectivity index (χ0v) is 14.6. The van der Waals surface area contributed by atoms with Gasteiger partial charge < -0.3 is 14.6 Å². The second-order valence-corrected chi connectivity index (χ2v) is 6.93. The molecule has 4 rings (SSSR count). The van der Waals surface area contributed by atoms with Crippen LogP contribution in [0.3, 0.4) is 0 Å². The van der Waals surface area contributed by atoms with E-state index in [1.165, 1.54) is 12.1 Å². The Morgan fingerprint density at radius 3 is 3.21 bits per heavy atom. The van der Waals surface area contributed by atoms with Crippen LogP contribution in [0.25, 0.3) is 0 Å². The zero-order chi connectivity index (χ0) is 16.5. The van der Waals surface area contributed by atoms with Gasteiger partial charge in [0.15, 0.2) is 0 Å². The van der Waals surface area contributed by atoms with Crippen LogP contribution in [0.1, 0.15) is 56.0 Å². The summed E-state index contributed by atoms with van der Waals surface area (Å²) in [6.45, 7) is 8.11. The van der Waals surface area contributed by atoms with Crippen molar-refractivity contribution in [2.75, 3.05) is 13.2 Å². The van der Waals surface area contributed by atoms with Crippen molar-refractivity contribution in [2.45, 2.75) is 58.3 Å². The Hall–Kier alpha value is -1.66. The fraction of sp³-hybridized carbons (Fsp3) is 0.667. The standard InChI is InChI=1S/C18H27N5O/c1-3-22-9-7-19-18(22)17-14(6-10-24-17)12-20-13(2)16-11-15-5-4-8-23(15)21-16/h7,9,11,13-14,17,20H,3-6,8,10,12H2,1-2H3/t13?,14-,17+/m0/s1. The van der Waals surface area contributed by atoms with Crippen LogP contribution in [0.5, 0.6) is 0 Å². The molecular formula is C18H27N5O. The van der Waals surface area contributed by atoms with Crippen molar-refractivity contribution in [3.8, 4) is 0 Å². The largest absolute Gasteiger partial charge is 0.370 e. The maximum absolute atomic E-state index is 6.00. The number of nitrogens with zero attached hydrogens (tertiary/aromatic N) is 4. The lowest BCUT2D eigenvalue weighted by molar-refractivity contribution is 0.0798. The highest BCUT2D eigenvalue weighted by molar-refractivity contribution is 5.16. The number of aromatic nitrogens is 4. The van der Waals surface area contributed by atoms with Gasteiger partial charge in [-0.05, 0) is 39.2 Å². The molecule has 3 atom stereocenters. The number of hydrogen-bond acceptors (Lipinski definition) is 4. The van der Waals surface area contributed by atoms with Crippen molar-refractivity contribution < 1.29 is 4.74 Å². The van der Waals surface area contributed by atoms with Gasteiger partial charge in [0, 0.05) is 56.3 Å². The number of aryl methyl sites for hydroxylation is 3. The summed E-state index contributed by atoms with van der Waals surface area (Å²) in [5.74, 6) is 1.53. The molecule has 1 saturated heterocycles. The molecule has 130 valence electrons. The maximum Gasteiger partial charge on any atom is 0.138 e. The highest BCUT2D eigenvalue weighted by Crippen LogP contribution is 2.33. The second-order valence-electron chi connectivity index (χ2n) is 6.93. The molecule has 1 fully saturated rings. The van der Waals surface area contributed by atoms with Crippen LogP contribution < -0.4 is 5.32 Å².